The standard InChI is InChI=1S/C16H13Br2N3O2/c1-3-11-13(14-12(21(11)2)6-19-7-20-14)15(22)8-4-9(17)16(23)10(18)5-8/h4-7,23H,3H2,1-2H3. The molecule has 0 saturated carbocycles. The summed E-state index contributed by atoms with van der Waals surface area (Å²) >= 11 is 6.53. The average molecular weight is 439 g/mol. The van der Waals surface area contributed by atoms with E-state index in [9.17, 15) is 9.90 Å². The first kappa shape index (κ1) is 16.1. The zero-order valence-electron chi connectivity index (χ0n) is 12.5. The predicted octanol–water partition coefficient (Wildman–Crippen LogP) is 3.99. The first-order valence-electron chi connectivity index (χ1n) is 6.95. The average Bonchev–Trinajstić information content (AvgIpc) is 2.84. The van der Waals surface area contributed by atoms with Crippen molar-refractivity contribution in [3.63, 3.8) is 0 Å². The molecule has 3 rings (SSSR count). The summed E-state index contributed by atoms with van der Waals surface area (Å²) in [7, 11) is 1.91. The molecule has 1 N–H and O–H groups in total. The van der Waals surface area contributed by atoms with E-state index in [0.29, 0.717) is 32.0 Å². The van der Waals surface area contributed by atoms with Crippen LogP contribution < -0.4 is 0 Å². The van der Waals surface area contributed by atoms with E-state index in [1.165, 1.54) is 6.33 Å². The smallest absolute Gasteiger partial charge is 0.197 e. The van der Waals surface area contributed by atoms with Gasteiger partial charge in [0.05, 0.1) is 26.2 Å². The summed E-state index contributed by atoms with van der Waals surface area (Å²) in [6.07, 6.45) is 3.86. The molecule has 0 fully saturated rings. The van der Waals surface area contributed by atoms with Gasteiger partial charge < -0.3 is 9.67 Å². The highest BCUT2D eigenvalue weighted by atomic mass is 79.9. The number of hydrogen-bond donors (Lipinski definition) is 1. The largest absolute Gasteiger partial charge is 0.506 e. The van der Waals surface area contributed by atoms with Gasteiger partial charge in [0.15, 0.2) is 5.78 Å². The summed E-state index contributed by atoms with van der Waals surface area (Å²) < 4.78 is 2.87. The Morgan fingerprint density at radius 1 is 1.30 bits per heavy atom. The number of carbonyl (C=O) groups is 1. The summed E-state index contributed by atoms with van der Waals surface area (Å²) in [4.78, 5) is 21.4. The van der Waals surface area contributed by atoms with Crippen LogP contribution in [0.1, 0.15) is 28.5 Å². The number of halogens is 2. The van der Waals surface area contributed by atoms with Gasteiger partial charge in [0.1, 0.15) is 17.6 Å². The van der Waals surface area contributed by atoms with E-state index in [-0.39, 0.29) is 11.5 Å². The van der Waals surface area contributed by atoms with Gasteiger partial charge >= 0.3 is 0 Å². The molecule has 5 nitrogen and oxygen atoms in total. The Hall–Kier alpha value is -1.73. The Kier molecular flexibility index (Phi) is 4.25. The van der Waals surface area contributed by atoms with Crippen LogP contribution >= 0.6 is 31.9 Å². The van der Waals surface area contributed by atoms with Crippen molar-refractivity contribution in [2.24, 2.45) is 7.05 Å². The van der Waals surface area contributed by atoms with Crippen LogP contribution in [-0.2, 0) is 13.5 Å². The number of aromatic hydroxyl groups is 1. The number of carbonyl (C=O) groups excluding carboxylic acids is 1. The van der Waals surface area contributed by atoms with Crippen LogP contribution in [0.25, 0.3) is 11.0 Å². The monoisotopic (exact) mass is 437 g/mol. The number of nitrogens with zero attached hydrogens (tertiary/aromatic N) is 3. The second-order valence-electron chi connectivity index (χ2n) is 5.11. The van der Waals surface area contributed by atoms with E-state index in [1.54, 1.807) is 18.3 Å². The Bertz CT molecular complexity index is 911. The van der Waals surface area contributed by atoms with Gasteiger partial charge in [0.2, 0.25) is 0 Å². The van der Waals surface area contributed by atoms with Crippen molar-refractivity contribution >= 4 is 48.7 Å². The number of aryl methyl sites for hydroxylation is 1. The SMILES string of the molecule is CCc1c(C(=O)c2cc(Br)c(O)c(Br)c2)c2ncncc2n1C. The van der Waals surface area contributed by atoms with E-state index in [0.717, 1.165) is 11.2 Å². The quantitative estimate of drug-likeness (QED) is 0.627. The molecule has 7 heteroatoms. The summed E-state index contributed by atoms with van der Waals surface area (Å²) in [5.74, 6) is -0.0648. The maximum atomic E-state index is 13.1. The van der Waals surface area contributed by atoms with E-state index in [2.05, 4.69) is 41.8 Å². The maximum Gasteiger partial charge on any atom is 0.197 e. The molecule has 2 heterocycles. The first-order chi connectivity index (χ1) is 11.0. The lowest BCUT2D eigenvalue weighted by molar-refractivity contribution is 0.103. The summed E-state index contributed by atoms with van der Waals surface area (Å²) in [5.41, 5.74) is 3.43. The molecule has 3 aromatic rings. The van der Waals surface area contributed by atoms with E-state index < -0.39 is 0 Å². The highest BCUT2D eigenvalue weighted by Gasteiger charge is 2.23. The number of phenols is 1. The number of ketones is 1. The Balaban J connectivity index is 2.26. The molecule has 0 spiro atoms. The van der Waals surface area contributed by atoms with E-state index in [1.807, 2.05) is 18.5 Å². The molecule has 0 atom stereocenters. The lowest BCUT2D eigenvalue weighted by Gasteiger charge is -2.07. The number of rotatable bonds is 3. The van der Waals surface area contributed by atoms with Crippen LogP contribution in [0.4, 0.5) is 0 Å². The lowest BCUT2D eigenvalue weighted by Crippen LogP contribution is -2.06. The molecule has 23 heavy (non-hydrogen) atoms. The third-order valence-corrected chi connectivity index (χ3v) is 5.03. The Labute approximate surface area is 149 Å². The van der Waals surface area contributed by atoms with Crippen molar-refractivity contribution in [3.8, 4) is 5.75 Å². The molecule has 0 radical (unpaired) electrons. The van der Waals surface area contributed by atoms with Gasteiger partial charge in [0.25, 0.3) is 0 Å². The Morgan fingerprint density at radius 2 is 1.96 bits per heavy atom. The summed E-state index contributed by atoms with van der Waals surface area (Å²) in [5, 5.41) is 9.83. The van der Waals surface area contributed by atoms with Crippen LogP contribution in [0.15, 0.2) is 33.6 Å². The molecule has 0 aliphatic rings. The molecule has 0 unspecified atom stereocenters. The second kappa shape index (κ2) is 6.05. The van der Waals surface area contributed by atoms with Crippen LogP contribution in [0, 0.1) is 0 Å². The van der Waals surface area contributed by atoms with E-state index in [4.69, 9.17) is 0 Å². The molecular weight excluding hydrogens is 426 g/mol. The van der Waals surface area contributed by atoms with Crippen molar-refractivity contribution in [3.05, 3.63) is 50.4 Å². The van der Waals surface area contributed by atoms with Crippen LogP contribution in [0.5, 0.6) is 5.75 Å². The second-order valence-corrected chi connectivity index (χ2v) is 6.82. The number of phenolic OH excluding ortho intramolecular Hbond substituents is 1. The fraction of sp³-hybridized carbons (Fsp3) is 0.188. The van der Waals surface area contributed by atoms with Gasteiger partial charge in [-0.1, -0.05) is 6.92 Å². The number of aromatic nitrogens is 3. The van der Waals surface area contributed by atoms with Gasteiger partial charge in [0, 0.05) is 18.3 Å². The minimum atomic E-state index is -0.132. The molecule has 0 aliphatic carbocycles. The molecule has 0 saturated heterocycles. The normalized spacial score (nSPS) is 11.1. The van der Waals surface area contributed by atoms with Crippen LogP contribution in [0.3, 0.4) is 0 Å². The third-order valence-electron chi connectivity index (χ3n) is 3.83. The molecule has 1 aromatic carbocycles. The third kappa shape index (κ3) is 2.57. The zero-order valence-corrected chi connectivity index (χ0v) is 15.6. The molecule has 0 amide bonds. The van der Waals surface area contributed by atoms with Gasteiger partial charge in [-0.2, -0.15) is 0 Å². The lowest BCUT2D eigenvalue weighted by atomic mass is 10.0. The van der Waals surface area contributed by atoms with Gasteiger partial charge in [-0.05, 0) is 50.4 Å². The summed E-state index contributed by atoms with van der Waals surface area (Å²) in [6, 6.07) is 3.23. The molecule has 2 aromatic heterocycles. The molecule has 0 aliphatic heterocycles. The predicted molar refractivity (Wildman–Crippen MR) is 94.8 cm³/mol. The molecular formula is C16H13Br2N3O2. The highest BCUT2D eigenvalue weighted by molar-refractivity contribution is 9.11. The maximum absolute atomic E-state index is 13.1. The fourth-order valence-corrected chi connectivity index (χ4v) is 3.89. The number of fused-ring (bicyclic) bond motifs is 1. The van der Waals surface area contributed by atoms with Crippen molar-refractivity contribution < 1.29 is 9.90 Å². The zero-order chi connectivity index (χ0) is 16.7. The van der Waals surface area contributed by atoms with Crippen molar-refractivity contribution in [2.45, 2.75) is 13.3 Å². The van der Waals surface area contributed by atoms with Crippen molar-refractivity contribution in [1.82, 2.24) is 14.5 Å². The van der Waals surface area contributed by atoms with Gasteiger partial charge in [-0.3, -0.25) is 4.79 Å². The summed E-state index contributed by atoms with van der Waals surface area (Å²) in [6.45, 7) is 2.00. The van der Waals surface area contributed by atoms with Crippen molar-refractivity contribution in [1.29, 1.82) is 0 Å². The van der Waals surface area contributed by atoms with Crippen LogP contribution in [0.2, 0.25) is 0 Å². The van der Waals surface area contributed by atoms with Crippen molar-refractivity contribution in [2.75, 3.05) is 0 Å². The fourth-order valence-electron chi connectivity index (χ4n) is 2.70. The minimum absolute atomic E-state index is 0.0671. The number of hydrogen-bond acceptors (Lipinski definition) is 4. The van der Waals surface area contributed by atoms with Gasteiger partial charge in [-0.15, -0.1) is 0 Å². The molecule has 0 bridgehead atoms. The van der Waals surface area contributed by atoms with E-state index >= 15 is 0 Å². The number of benzene rings is 1. The van der Waals surface area contributed by atoms with Crippen LogP contribution in [-0.4, -0.2) is 25.4 Å². The first-order valence-corrected chi connectivity index (χ1v) is 8.54. The minimum Gasteiger partial charge on any atom is -0.506 e. The highest BCUT2D eigenvalue weighted by Crippen LogP contribution is 2.35. The topological polar surface area (TPSA) is 68.0 Å². The Morgan fingerprint density at radius 3 is 2.57 bits per heavy atom. The van der Waals surface area contributed by atoms with Gasteiger partial charge in [-0.25, -0.2) is 9.97 Å². The molecule has 118 valence electrons.